The van der Waals surface area contributed by atoms with Gasteiger partial charge < -0.3 is 4.90 Å². The van der Waals surface area contributed by atoms with Gasteiger partial charge in [0.1, 0.15) is 0 Å². The second-order valence-corrected chi connectivity index (χ2v) is 10.5. The molecule has 0 spiro atoms. The SMILES string of the molecule is CC(C)CN1CCN(C(=O)c2ccc(S(=O)(=O)N3CCC(C)CC3)cc2)CC1. The molecule has 7 heteroatoms. The van der Waals surface area contributed by atoms with Crippen molar-refractivity contribution in [1.29, 1.82) is 0 Å². The van der Waals surface area contributed by atoms with Crippen molar-refractivity contribution in [3.63, 3.8) is 0 Å². The van der Waals surface area contributed by atoms with Crippen molar-refractivity contribution in [3.8, 4) is 0 Å². The minimum Gasteiger partial charge on any atom is -0.336 e. The van der Waals surface area contributed by atoms with E-state index >= 15 is 0 Å². The molecule has 2 aliphatic heterocycles. The molecule has 0 radical (unpaired) electrons. The molecule has 0 unspecified atom stereocenters. The van der Waals surface area contributed by atoms with Gasteiger partial charge in [-0.05, 0) is 48.9 Å². The molecule has 2 saturated heterocycles. The van der Waals surface area contributed by atoms with Crippen molar-refractivity contribution in [3.05, 3.63) is 29.8 Å². The molecule has 2 fully saturated rings. The van der Waals surface area contributed by atoms with Crippen molar-refractivity contribution in [2.45, 2.75) is 38.5 Å². The third-order valence-corrected chi connectivity index (χ3v) is 7.68. The molecule has 1 aromatic carbocycles. The molecule has 3 rings (SSSR count). The highest BCUT2D eigenvalue weighted by atomic mass is 32.2. The van der Waals surface area contributed by atoms with E-state index < -0.39 is 10.0 Å². The van der Waals surface area contributed by atoms with Crippen LogP contribution in [0.4, 0.5) is 0 Å². The lowest BCUT2D eigenvalue weighted by Gasteiger charge is -2.35. The Morgan fingerprint density at radius 1 is 1.00 bits per heavy atom. The number of amides is 1. The molecule has 2 heterocycles. The molecular formula is C21H33N3O3S. The second kappa shape index (κ2) is 8.93. The average molecular weight is 408 g/mol. The standard InChI is InChI=1S/C21H33N3O3S/c1-17(2)16-22-12-14-23(15-13-22)21(25)19-4-6-20(7-5-19)28(26,27)24-10-8-18(3)9-11-24/h4-7,17-18H,8-16H2,1-3H3. The van der Waals surface area contributed by atoms with E-state index in [1.165, 1.54) is 0 Å². The summed E-state index contributed by atoms with van der Waals surface area (Å²) in [6.07, 6.45) is 1.80. The molecule has 6 nitrogen and oxygen atoms in total. The van der Waals surface area contributed by atoms with Gasteiger partial charge in [0.25, 0.3) is 5.91 Å². The number of benzene rings is 1. The fraction of sp³-hybridized carbons (Fsp3) is 0.667. The van der Waals surface area contributed by atoms with Crippen LogP contribution in [-0.4, -0.2) is 74.2 Å². The molecule has 0 N–H and O–H groups in total. The van der Waals surface area contributed by atoms with Gasteiger partial charge in [0.15, 0.2) is 0 Å². The summed E-state index contributed by atoms with van der Waals surface area (Å²) in [5.41, 5.74) is 0.559. The average Bonchev–Trinajstić information content (AvgIpc) is 2.68. The van der Waals surface area contributed by atoms with E-state index in [4.69, 9.17) is 0 Å². The van der Waals surface area contributed by atoms with Gasteiger partial charge in [0.05, 0.1) is 4.90 Å². The maximum absolute atomic E-state index is 12.8. The van der Waals surface area contributed by atoms with E-state index in [1.807, 2.05) is 4.90 Å². The Morgan fingerprint density at radius 3 is 2.11 bits per heavy atom. The van der Waals surface area contributed by atoms with Crippen LogP contribution in [-0.2, 0) is 10.0 Å². The number of sulfonamides is 1. The number of carbonyl (C=O) groups is 1. The van der Waals surface area contributed by atoms with Gasteiger partial charge in [-0.3, -0.25) is 9.69 Å². The van der Waals surface area contributed by atoms with Gasteiger partial charge in [-0.1, -0.05) is 20.8 Å². The normalized spacial score (nSPS) is 20.6. The van der Waals surface area contributed by atoms with Crippen molar-refractivity contribution < 1.29 is 13.2 Å². The van der Waals surface area contributed by atoms with Crippen LogP contribution in [0, 0.1) is 11.8 Å². The van der Waals surface area contributed by atoms with Crippen molar-refractivity contribution in [2.24, 2.45) is 11.8 Å². The van der Waals surface area contributed by atoms with Gasteiger partial charge in [0.2, 0.25) is 10.0 Å². The third kappa shape index (κ3) is 4.93. The number of rotatable bonds is 5. The number of piperazine rings is 1. The zero-order chi connectivity index (χ0) is 20.3. The van der Waals surface area contributed by atoms with Crippen molar-refractivity contribution in [1.82, 2.24) is 14.1 Å². The number of hydrogen-bond acceptors (Lipinski definition) is 4. The predicted octanol–water partition coefficient (Wildman–Crippen LogP) is 2.52. The molecule has 0 aliphatic carbocycles. The van der Waals surface area contributed by atoms with Crippen LogP contribution in [0.25, 0.3) is 0 Å². The first-order chi connectivity index (χ1) is 13.3. The zero-order valence-corrected chi connectivity index (χ0v) is 18.1. The second-order valence-electron chi connectivity index (χ2n) is 8.60. The molecule has 0 aromatic heterocycles. The van der Waals surface area contributed by atoms with Gasteiger partial charge in [-0.15, -0.1) is 0 Å². The fourth-order valence-corrected chi connectivity index (χ4v) is 5.45. The maximum Gasteiger partial charge on any atom is 0.253 e. The highest BCUT2D eigenvalue weighted by molar-refractivity contribution is 7.89. The third-order valence-electron chi connectivity index (χ3n) is 5.76. The molecule has 156 valence electrons. The van der Waals surface area contributed by atoms with Crippen LogP contribution >= 0.6 is 0 Å². The van der Waals surface area contributed by atoms with E-state index in [9.17, 15) is 13.2 Å². The van der Waals surface area contributed by atoms with Crippen LogP contribution in [0.1, 0.15) is 44.0 Å². The van der Waals surface area contributed by atoms with Gasteiger partial charge in [0, 0.05) is 51.4 Å². The van der Waals surface area contributed by atoms with Crippen LogP contribution < -0.4 is 0 Å². The zero-order valence-electron chi connectivity index (χ0n) is 17.3. The Labute approximate surface area is 169 Å². The summed E-state index contributed by atoms with van der Waals surface area (Å²) in [6.45, 7) is 12.0. The summed E-state index contributed by atoms with van der Waals surface area (Å²) >= 11 is 0. The Morgan fingerprint density at radius 2 is 1.57 bits per heavy atom. The highest BCUT2D eigenvalue weighted by Gasteiger charge is 2.28. The Kier molecular flexibility index (Phi) is 6.78. The molecule has 2 aliphatic rings. The summed E-state index contributed by atoms with van der Waals surface area (Å²) in [6, 6.07) is 6.47. The van der Waals surface area contributed by atoms with Gasteiger partial charge >= 0.3 is 0 Å². The van der Waals surface area contributed by atoms with Crippen molar-refractivity contribution >= 4 is 15.9 Å². The minimum atomic E-state index is -3.47. The van der Waals surface area contributed by atoms with E-state index in [2.05, 4.69) is 25.7 Å². The molecule has 0 bridgehead atoms. The quantitative estimate of drug-likeness (QED) is 0.753. The van der Waals surface area contributed by atoms with Gasteiger partial charge in [-0.2, -0.15) is 4.31 Å². The number of nitrogens with zero attached hydrogens (tertiary/aromatic N) is 3. The smallest absolute Gasteiger partial charge is 0.253 e. The van der Waals surface area contributed by atoms with Gasteiger partial charge in [-0.25, -0.2) is 8.42 Å². The Bertz CT molecular complexity index is 761. The van der Waals surface area contributed by atoms with E-state index in [-0.39, 0.29) is 10.8 Å². The first-order valence-electron chi connectivity index (χ1n) is 10.4. The van der Waals surface area contributed by atoms with Crippen LogP contribution in [0.5, 0.6) is 0 Å². The summed E-state index contributed by atoms with van der Waals surface area (Å²) in [4.78, 5) is 17.3. The maximum atomic E-state index is 12.8. The first kappa shape index (κ1) is 21.3. The van der Waals surface area contributed by atoms with E-state index in [0.717, 1.165) is 45.6 Å². The predicted molar refractivity (Wildman–Crippen MR) is 111 cm³/mol. The molecular weight excluding hydrogens is 374 g/mol. The van der Waals surface area contributed by atoms with Crippen LogP contribution in [0.3, 0.4) is 0 Å². The Balaban J connectivity index is 1.62. The lowest BCUT2D eigenvalue weighted by Crippen LogP contribution is -2.49. The topological polar surface area (TPSA) is 60.9 Å². The minimum absolute atomic E-state index is 0.0139. The molecule has 1 aromatic rings. The number of carbonyl (C=O) groups excluding carboxylic acids is 1. The summed E-state index contributed by atoms with van der Waals surface area (Å²) in [5, 5.41) is 0. The number of hydrogen-bond donors (Lipinski definition) is 0. The van der Waals surface area contributed by atoms with Crippen molar-refractivity contribution in [2.75, 3.05) is 45.8 Å². The highest BCUT2D eigenvalue weighted by Crippen LogP contribution is 2.24. The number of piperidine rings is 1. The van der Waals surface area contributed by atoms with Crippen LogP contribution in [0.15, 0.2) is 29.2 Å². The first-order valence-corrected chi connectivity index (χ1v) is 11.8. The fourth-order valence-electron chi connectivity index (χ4n) is 3.98. The Hall–Kier alpha value is -1.44. The monoisotopic (exact) mass is 407 g/mol. The molecule has 0 atom stereocenters. The van der Waals surface area contributed by atoms with E-state index in [1.54, 1.807) is 28.6 Å². The summed E-state index contributed by atoms with van der Waals surface area (Å²) in [7, 11) is -3.47. The molecule has 0 saturated carbocycles. The van der Waals surface area contributed by atoms with E-state index in [0.29, 0.717) is 30.5 Å². The lowest BCUT2D eigenvalue weighted by molar-refractivity contribution is 0.0623. The largest absolute Gasteiger partial charge is 0.336 e. The lowest BCUT2D eigenvalue weighted by atomic mass is 10.0. The van der Waals surface area contributed by atoms with Crippen LogP contribution in [0.2, 0.25) is 0 Å². The summed E-state index contributed by atoms with van der Waals surface area (Å²) < 4.78 is 27.2. The molecule has 1 amide bonds. The molecule has 28 heavy (non-hydrogen) atoms. The summed E-state index contributed by atoms with van der Waals surface area (Å²) in [5.74, 6) is 1.19.